The molecule has 0 aliphatic rings. The molecule has 0 aliphatic heterocycles. The highest BCUT2D eigenvalue weighted by Crippen LogP contribution is 2.15. The molecule has 0 radical (unpaired) electrons. The van der Waals surface area contributed by atoms with Crippen LogP contribution in [0.25, 0.3) is 0 Å². The third-order valence-corrected chi connectivity index (χ3v) is 2.63. The van der Waals surface area contributed by atoms with Gasteiger partial charge in [0.25, 0.3) is 0 Å². The molecule has 3 heteroatoms. The number of aryl methyl sites for hydroxylation is 1. The lowest BCUT2D eigenvalue weighted by molar-refractivity contribution is 0.452. The average molecular weight is 213 g/mol. The summed E-state index contributed by atoms with van der Waals surface area (Å²) in [5.41, 5.74) is 6.24. The van der Waals surface area contributed by atoms with Crippen molar-refractivity contribution in [2.24, 2.45) is 11.7 Å². The number of halogens is 2. The summed E-state index contributed by atoms with van der Waals surface area (Å²) in [5, 5.41) is 0. The van der Waals surface area contributed by atoms with Crippen LogP contribution in [-0.4, -0.2) is 6.04 Å². The van der Waals surface area contributed by atoms with Crippen molar-refractivity contribution in [2.45, 2.75) is 32.7 Å². The molecule has 0 spiro atoms. The zero-order valence-electron chi connectivity index (χ0n) is 9.13. The van der Waals surface area contributed by atoms with Crippen LogP contribution in [0.5, 0.6) is 0 Å². The number of hydrogen-bond donors (Lipinski definition) is 1. The van der Waals surface area contributed by atoms with Gasteiger partial charge in [0.05, 0.1) is 0 Å². The number of nitrogens with two attached hydrogens (primary N) is 1. The third-order valence-electron chi connectivity index (χ3n) is 2.63. The Morgan fingerprint density at radius 3 is 2.53 bits per heavy atom. The van der Waals surface area contributed by atoms with E-state index in [1.165, 1.54) is 6.07 Å². The minimum absolute atomic E-state index is 0.0349. The highest BCUT2D eigenvalue weighted by molar-refractivity contribution is 5.19. The molecule has 1 aromatic carbocycles. The van der Waals surface area contributed by atoms with E-state index in [1.807, 2.05) is 13.8 Å². The molecular formula is C12H17F2N. The van der Waals surface area contributed by atoms with Crippen molar-refractivity contribution < 1.29 is 8.78 Å². The van der Waals surface area contributed by atoms with Crippen LogP contribution in [-0.2, 0) is 6.42 Å². The molecule has 1 aromatic rings. The zero-order chi connectivity index (χ0) is 11.4. The van der Waals surface area contributed by atoms with Gasteiger partial charge in [-0.2, -0.15) is 0 Å². The van der Waals surface area contributed by atoms with Crippen molar-refractivity contribution in [1.82, 2.24) is 0 Å². The molecule has 84 valence electrons. The molecule has 2 N–H and O–H groups in total. The molecule has 0 bridgehead atoms. The maximum Gasteiger partial charge on any atom is 0.162 e. The van der Waals surface area contributed by atoms with Gasteiger partial charge in [-0.25, -0.2) is 8.78 Å². The van der Waals surface area contributed by atoms with Crippen molar-refractivity contribution in [2.75, 3.05) is 0 Å². The summed E-state index contributed by atoms with van der Waals surface area (Å²) >= 11 is 0. The number of rotatable bonds is 4. The largest absolute Gasteiger partial charge is 0.327 e. The van der Waals surface area contributed by atoms with Gasteiger partial charge < -0.3 is 5.73 Å². The van der Waals surface area contributed by atoms with Crippen molar-refractivity contribution in [3.63, 3.8) is 0 Å². The Hall–Kier alpha value is -0.960. The van der Waals surface area contributed by atoms with Gasteiger partial charge in [-0.05, 0) is 30.4 Å². The SMILES string of the molecule is CC(C)C(N)CCc1cccc(F)c1F. The molecule has 1 nitrogen and oxygen atoms in total. The molecule has 0 heterocycles. The molecule has 15 heavy (non-hydrogen) atoms. The van der Waals surface area contributed by atoms with Crippen LogP contribution in [0.4, 0.5) is 8.78 Å². The van der Waals surface area contributed by atoms with Gasteiger partial charge in [-0.3, -0.25) is 0 Å². The van der Waals surface area contributed by atoms with E-state index >= 15 is 0 Å². The Balaban J connectivity index is 2.62. The molecule has 0 saturated carbocycles. The molecule has 0 aromatic heterocycles. The lowest BCUT2D eigenvalue weighted by Crippen LogP contribution is -2.26. The van der Waals surface area contributed by atoms with Crippen molar-refractivity contribution in [3.05, 3.63) is 35.4 Å². The van der Waals surface area contributed by atoms with E-state index in [0.717, 1.165) is 6.07 Å². The second kappa shape index (κ2) is 5.21. The molecule has 0 amide bonds. The minimum Gasteiger partial charge on any atom is -0.327 e. The van der Waals surface area contributed by atoms with Gasteiger partial charge in [0, 0.05) is 6.04 Å². The maximum absolute atomic E-state index is 13.2. The van der Waals surface area contributed by atoms with Gasteiger partial charge in [0.15, 0.2) is 11.6 Å². The Morgan fingerprint density at radius 1 is 1.27 bits per heavy atom. The molecule has 1 rings (SSSR count). The third kappa shape index (κ3) is 3.27. The zero-order valence-corrected chi connectivity index (χ0v) is 9.13. The van der Waals surface area contributed by atoms with E-state index in [-0.39, 0.29) is 6.04 Å². The smallest absolute Gasteiger partial charge is 0.162 e. The Bertz CT molecular complexity index is 323. The predicted octanol–water partition coefficient (Wildman–Crippen LogP) is 2.88. The van der Waals surface area contributed by atoms with Gasteiger partial charge in [0.1, 0.15) is 0 Å². The fraction of sp³-hybridized carbons (Fsp3) is 0.500. The molecule has 1 atom stereocenters. The first-order chi connectivity index (χ1) is 7.02. The highest BCUT2D eigenvalue weighted by atomic mass is 19.2. The summed E-state index contributed by atoms with van der Waals surface area (Å²) in [4.78, 5) is 0. The van der Waals surface area contributed by atoms with Gasteiger partial charge in [-0.1, -0.05) is 26.0 Å². The summed E-state index contributed by atoms with van der Waals surface area (Å²) in [5.74, 6) is -1.17. The highest BCUT2D eigenvalue weighted by Gasteiger charge is 2.11. The fourth-order valence-corrected chi connectivity index (χ4v) is 1.40. The van der Waals surface area contributed by atoms with Crippen LogP contribution in [0.15, 0.2) is 18.2 Å². The summed E-state index contributed by atoms with van der Waals surface area (Å²) in [7, 11) is 0. The van der Waals surface area contributed by atoms with Crippen LogP contribution >= 0.6 is 0 Å². The van der Waals surface area contributed by atoms with E-state index in [4.69, 9.17) is 5.73 Å². The number of hydrogen-bond acceptors (Lipinski definition) is 1. The summed E-state index contributed by atoms with van der Waals surface area (Å²) in [6, 6.07) is 4.29. The van der Waals surface area contributed by atoms with Crippen LogP contribution in [0.3, 0.4) is 0 Å². The average Bonchev–Trinajstić information content (AvgIpc) is 2.19. The lowest BCUT2D eigenvalue weighted by atomic mass is 9.97. The normalized spacial score (nSPS) is 13.2. The molecular weight excluding hydrogens is 196 g/mol. The Labute approximate surface area is 89.3 Å². The van der Waals surface area contributed by atoms with Crippen molar-refractivity contribution >= 4 is 0 Å². The second-order valence-electron chi connectivity index (χ2n) is 4.16. The molecule has 0 aliphatic carbocycles. The first-order valence-corrected chi connectivity index (χ1v) is 5.21. The quantitative estimate of drug-likeness (QED) is 0.817. The minimum atomic E-state index is -0.786. The summed E-state index contributed by atoms with van der Waals surface area (Å²) in [6.45, 7) is 4.04. The number of benzene rings is 1. The fourth-order valence-electron chi connectivity index (χ4n) is 1.40. The van der Waals surface area contributed by atoms with Gasteiger partial charge in [-0.15, -0.1) is 0 Å². The van der Waals surface area contributed by atoms with E-state index in [9.17, 15) is 8.78 Å². The summed E-state index contributed by atoms with van der Waals surface area (Å²) < 4.78 is 26.1. The van der Waals surface area contributed by atoms with Crippen LogP contribution < -0.4 is 5.73 Å². The standard InChI is InChI=1S/C12H17F2N/c1-8(2)11(15)7-6-9-4-3-5-10(13)12(9)14/h3-5,8,11H,6-7,15H2,1-2H3. The second-order valence-corrected chi connectivity index (χ2v) is 4.16. The van der Waals surface area contributed by atoms with Crippen LogP contribution in [0.1, 0.15) is 25.8 Å². The molecule has 0 fully saturated rings. The van der Waals surface area contributed by atoms with Gasteiger partial charge >= 0.3 is 0 Å². The molecule has 0 saturated heterocycles. The van der Waals surface area contributed by atoms with E-state index in [2.05, 4.69) is 0 Å². The Morgan fingerprint density at radius 2 is 1.93 bits per heavy atom. The van der Waals surface area contributed by atoms with Gasteiger partial charge in [0.2, 0.25) is 0 Å². The monoisotopic (exact) mass is 213 g/mol. The first-order valence-electron chi connectivity index (χ1n) is 5.21. The van der Waals surface area contributed by atoms with Crippen molar-refractivity contribution in [1.29, 1.82) is 0 Å². The topological polar surface area (TPSA) is 26.0 Å². The molecule has 1 unspecified atom stereocenters. The maximum atomic E-state index is 13.2. The van der Waals surface area contributed by atoms with Crippen LogP contribution in [0, 0.1) is 17.6 Å². The predicted molar refractivity (Wildman–Crippen MR) is 57.5 cm³/mol. The summed E-state index contributed by atoms with van der Waals surface area (Å²) in [6.07, 6.45) is 1.17. The van der Waals surface area contributed by atoms with E-state index in [0.29, 0.717) is 24.3 Å². The van der Waals surface area contributed by atoms with E-state index < -0.39 is 11.6 Å². The Kier molecular flexibility index (Phi) is 4.21. The van der Waals surface area contributed by atoms with Crippen LogP contribution in [0.2, 0.25) is 0 Å². The van der Waals surface area contributed by atoms with E-state index in [1.54, 1.807) is 6.07 Å². The first kappa shape index (κ1) is 12.1. The lowest BCUT2D eigenvalue weighted by Gasteiger charge is -2.15. The van der Waals surface area contributed by atoms with Crippen molar-refractivity contribution in [3.8, 4) is 0 Å².